The highest BCUT2D eigenvalue weighted by molar-refractivity contribution is 9.10. The second kappa shape index (κ2) is 7.18. The van der Waals surface area contributed by atoms with Crippen molar-refractivity contribution < 1.29 is 0 Å². The van der Waals surface area contributed by atoms with E-state index in [2.05, 4.69) is 74.1 Å². The van der Waals surface area contributed by atoms with Crippen LogP contribution in [0.25, 0.3) is 0 Å². The number of hydrogen-bond donors (Lipinski definition) is 1. The third-order valence-electron chi connectivity index (χ3n) is 2.92. The maximum atomic E-state index is 3.69. The lowest BCUT2D eigenvalue weighted by Gasteiger charge is -2.24. The van der Waals surface area contributed by atoms with Crippen LogP contribution in [0.5, 0.6) is 0 Å². The van der Waals surface area contributed by atoms with Crippen molar-refractivity contribution in [1.29, 1.82) is 0 Å². The molecule has 1 aromatic rings. The third-order valence-corrected chi connectivity index (χ3v) is 3.38. The number of aryl methyl sites for hydroxylation is 1. The molecule has 1 rings (SSSR count). The zero-order valence-corrected chi connectivity index (χ0v) is 13.8. The minimum Gasteiger partial charge on any atom is -0.382 e. The Balaban J connectivity index is 2.74. The quantitative estimate of drug-likeness (QED) is 0.718. The molecule has 0 saturated heterocycles. The summed E-state index contributed by atoms with van der Waals surface area (Å²) in [5.74, 6) is 1.46. The Kier molecular flexibility index (Phi) is 6.20. The molecule has 0 aliphatic heterocycles. The summed E-state index contributed by atoms with van der Waals surface area (Å²) in [6, 6.07) is 7.10. The Morgan fingerprint density at radius 3 is 2.00 bits per heavy atom. The summed E-state index contributed by atoms with van der Waals surface area (Å²) < 4.78 is 1.15. The largest absolute Gasteiger partial charge is 0.382 e. The number of rotatable bonds is 6. The predicted octanol–water partition coefficient (Wildman–Crippen LogP) is 5.63. The molecule has 0 aliphatic rings. The van der Waals surface area contributed by atoms with Gasteiger partial charge in [-0.15, -0.1) is 0 Å². The molecule has 0 spiro atoms. The van der Waals surface area contributed by atoms with E-state index < -0.39 is 0 Å². The monoisotopic (exact) mass is 311 g/mol. The Labute approximate surface area is 120 Å². The topological polar surface area (TPSA) is 12.0 Å². The van der Waals surface area contributed by atoms with Gasteiger partial charge in [0.2, 0.25) is 0 Å². The van der Waals surface area contributed by atoms with E-state index in [1.54, 1.807) is 0 Å². The van der Waals surface area contributed by atoms with Crippen LogP contribution in [0.3, 0.4) is 0 Å². The van der Waals surface area contributed by atoms with Gasteiger partial charge in [0, 0.05) is 16.2 Å². The second-order valence-electron chi connectivity index (χ2n) is 6.12. The van der Waals surface area contributed by atoms with Crippen molar-refractivity contribution in [2.45, 2.75) is 53.5 Å². The van der Waals surface area contributed by atoms with Crippen LogP contribution >= 0.6 is 15.9 Å². The van der Waals surface area contributed by atoms with Gasteiger partial charge in [0.05, 0.1) is 0 Å². The van der Waals surface area contributed by atoms with Crippen LogP contribution in [-0.2, 0) is 0 Å². The molecular weight excluding hydrogens is 286 g/mol. The minimum absolute atomic E-state index is 0.568. The van der Waals surface area contributed by atoms with Gasteiger partial charge in [-0.25, -0.2) is 0 Å². The predicted molar refractivity (Wildman–Crippen MR) is 85.2 cm³/mol. The van der Waals surface area contributed by atoms with Gasteiger partial charge in [-0.1, -0.05) is 43.6 Å². The molecule has 102 valence electrons. The first-order valence-electron chi connectivity index (χ1n) is 6.90. The highest BCUT2D eigenvalue weighted by Gasteiger charge is 2.13. The van der Waals surface area contributed by atoms with E-state index in [0.29, 0.717) is 6.04 Å². The summed E-state index contributed by atoms with van der Waals surface area (Å²) in [5, 5.41) is 3.69. The van der Waals surface area contributed by atoms with Crippen molar-refractivity contribution in [3.8, 4) is 0 Å². The molecule has 1 nitrogen and oxygen atoms in total. The van der Waals surface area contributed by atoms with Gasteiger partial charge in [-0.2, -0.15) is 0 Å². The van der Waals surface area contributed by atoms with Gasteiger partial charge in [0.1, 0.15) is 0 Å². The first-order chi connectivity index (χ1) is 8.36. The number of anilines is 1. The molecule has 0 aromatic heterocycles. The van der Waals surface area contributed by atoms with Gasteiger partial charge in [-0.05, 0) is 55.4 Å². The Morgan fingerprint density at radius 2 is 1.56 bits per heavy atom. The van der Waals surface area contributed by atoms with E-state index in [-0.39, 0.29) is 0 Å². The first-order valence-corrected chi connectivity index (χ1v) is 7.70. The fraction of sp³-hybridized carbons (Fsp3) is 0.625. The standard InChI is InChI=1S/C16H26BrN/c1-11(2)6-15(7-12(3)4)18-16-9-13(5)8-14(17)10-16/h8-12,15,18H,6-7H2,1-5H3. The van der Waals surface area contributed by atoms with Crippen molar-refractivity contribution in [2.24, 2.45) is 11.8 Å². The van der Waals surface area contributed by atoms with Crippen molar-refractivity contribution in [2.75, 3.05) is 5.32 Å². The molecule has 0 amide bonds. The third kappa shape index (κ3) is 5.90. The minimum atomic E-state index is 0.568. The average Bonchev–Trinajstić information content (AvgIpc) is 2.12. The summed E-state index contributed by atoms with van der Waals surface area (Å²) in [6.45, 7) is 11.3. The van der Waals surface area contributed by atoms with Crippen LogP contribution in [0, 0.1) is 18.8 Å². The summed E-state index contributed by atoms with van der Waals surface area (Å²) in [4.78, 5) is 0. The molecule has 1 aromatic carbocycles. The molecule has 2 heteroatoms. The van der Waals surface area contributed by atoms with Crippen LogP contribution in [0.4, 0.5) is 5.69 Å². The highest BCUT2D eigenvalue weighted by Crippen LogP contribution is 2.23. The van der Waals surface area contributed by atoms with Gasteiger partial charge >= 0.3 is 0 Å². The van der Waals surface area contributed by atoms with Gasteiger partial charge in [0.15, 0.2) is 0 Å². The maximum absolute atomic E-state index is 3.69. The SMILES string of the molecule is Cc1cc(Br)cc(NC(CC(C)C)CC(C)C)c1. The first kappa shape index (κ1) is 15.6. The number of hydrogen-bond acceptors (Lipinski definition) is 1. The normalized spacial score (nSPS) is 11.6. The zero-order valence-electron chi connectivity index (χ0n) is 12.3. The Bertz CT molecular complexity index is 341. The smallest absolute Gasteiger partial charge is 0.0356 e. The van der Waals surface area contributed by atoms with Crippen LogP contribution in [0.15, 0.2) is 22.7 Å². The molecule has 0 heterocycles. The molecule has 0 saturated carbocycles. The lowest BCUT2D eigenvalue weighted by atomic mass is 9.95. The summed E-state index contributed by atoms with van der Waals surface area (Å²) in [5.41, 5.74) is 2.52. The van der Waals surface area contributed by atoms with Crippen molar-refractivity contribution in [1.82, 2.24) is 0 Å². The van der Waals surface area contributed by atoms with Crippen LogP contribution in [0.1, 0.15) is 46.1 Å². The summed E-state index contributed by atoms with van der Waals surface area (Å²) >= 11 is 3.56. The van der Waals surface area contributed by atoms with E-state index in [9.17, 15) is 0 Å². The van der Waals surface area contributed by atoms with Gasteiger partial charge in [0.25, 0.3) is 0 Å². The number of halogens is 1. The second-order valence-corrected chi connectivity index (χ2v) is 7.03. The summed E-state index contributed by atoms with van der Waals surface area (Å²) in [6.07, 6.45) is 2.45. The van der Waals surface area contributed by atoms with E-state index in [1.807, 2.05) is 0 Å². The fourth-order valence-electron chi connectivity index (χ4n) is 2.41. The van der Waals surface area contributed by atoms with E-state index in [4.69, 9.17) is 0 Å². The van der Waals surface area contributed by atoms with E-state index in [1.165, 1.54) is 24.1 Å². The lowest BCUT2D eigenvalue weighted by molar-refractivity contribution is 0.442. The average molecular weight is 312 g/mol. The summed E-state index contributed by atoms with van der Waals surface area (Å²) in [7, 11) is 0. The Morgan fingerprint density at radius 1 is 1.00 bits per heavy atom. The molecule has 1 N–H and O–H groups in total. The van der Waals surface area contributed by atoms with Crippen LogP contribution < -0.4 is 5.32 Å². The molecule has 0 bridgehead atoms. The number of benzene rings is 1. The molecule has 0 radical (unpaired) electrons. The lowest BCUT2D eigenvalue weighted by Crippen LogP contribution is -2.23. The molecular formula is C16H26BrN. The molecule has 0 atom stereocenters. The molecule has 18 heavy (non-hydrogen) atoms. The fourth-order valence-corrected chi connectivity index (χ4v) is 3.02. The van der Waals surface area contributed by atoms with Crippen molar-refractivity contribution in [3.05, 3.63) is 28.2 Å². The van der Waals surface area contributed by atoms with Crippen molar-refractivity contribution in [3.63, 3.8) is 0 Å². The highest BCUT2D eigenvalue weighted by atomic mass is 79.9. The van der Waals surface area contributed by atoms with E-state index in [0.717, 1.165) is 16.3 Å². The maximum Gasteiger partial charge on any atom is 0.0356 e. The molecule has 0 unspecified atom stereocenters. The van der Waals surface area contributed by atoms with Crippen molar-refractivity contribution >= 4 is 21.6 Å². The van der Waals surface area contributed by atoms with E-state index >= 15 is 0 Å². The molecule has 0 fully saturated rings. The zero-order chi connectivity index (χ0) is 13.7. The van der Waals surface area contributed by atoms with Crippen LogP contribution in [-0.4, -0.2) is 6.04 Å². The van der Waals surface area contributed by atoms with Crippen LogP contribution in [0.2, 0.25) is 0 Å². The molecule has 0 aliphatic carbocycles. The number of nitrogens with one attached hydrogen (secondary N) is 1. The van der Waals surface area contributed by atoms with Gasteiger partial charge < -0.3 is 5.32 Å². The Hall–Kier alpha value is -0.500. The van der Waals surface area contributed by atoms with Gasteiger partial charge in [-0.3, -0.25) is 0 Å².